The van der Waals surface area contributed by atoms with Gasteiger partial charge in [-0.3, -0.25) is 4.79 Å². The predicted octanol–water partition coefficient (Wildman–Crippen LogP) is 5.49. The van der Waals surface area contributed by atoms with Gasteiger partial charge in [-0.05, 0) is 81.9 Å². The Kier molecular flexibility index (Phi) is 7.99. The van der Waals surface area contributed by atoms with Crippen LogP contribution in [0.2, 0.25) is 0 Å². The van der Waals surface area contributed by atoms with E-state index < -0.39 is 12.1 Å². The first-order chi connectivity index (χ1) is 14.5. The van der Waals surface area contributed by atoms with Gasteiger partial charge in [0.25, 0.3) is 0 Å². The van der Waals surface area contributed by atoms with Crippen molar-refractivity contribution in [2.75, 3.05) is 0 Å². The van der Waals surface area contributed by atoms with Gasteiger partial charge in [0.1, 0.15) is 11.6 Å². The fraction of sp³-hybridized carbons (Fsp3) is 0.423. The summed E-state index contributed by atoms with van der Waals surface area (Å²) >= 11 is 0. The van der Waals surface area contributed by atoms with Crippen LogP contribution in [-0.2, 0) is 16.1 Å². The average molecular weight is 421 g/mol. The van der Waals surface area contributed by atoms with Crippen LogP contribution in [0.15, 0.2) is 29.8 Å². The zero-order valence-corrected chi connectivity index (χ0v) is 19.6. The maximum atomic E-state index is 12.7. The molecule has 1 atom stereocenters. The highest BCUT2D eigenvalue weighted by Gasteiger charge is 2.22. The second-order valence-corrected chi connectivity index (χ2v) is 8.54. The summed E-state index contributed by atoms with van der Waals surface area (Å²) in [5.74, 6) is -0.499. The average Bonchev–Trinajstić information content (AvgIpc) is 2.98. The molecule has 1 heterocycles. The number of nitriles is 1. The first kappa shape index (κ1) is 24.1. The Balaban J connectivity index is 2.19. The van der Waals surface area contributed by atoms with E-state index in [1.807, 2.05) is 45.9 Å². The van der Waals surface area contributed by atoms with Crippen molar-refractivity contribution in [3.63, 3.8) is 0 Å². The van der Waals surface area contributed by atoms with E-state index in [2.05, 4.69) is 18.4 Å². The van der Waals surface area contributed by atoms with Crippen LogP contribution < -0.4 is 0 Å². The molecule has 0 aliphatic carbocycles. The van der Waals surface area contributed by atoms with Crippen LogP contribution in [-0.4, -0.2) is 22.4 Å². The van der Waals surface area contributed by atoms with Gasteiger partial charge < -0.3 is 9.30 Å². The fourth-order valence-corrected chi connectivity index (χ4v) is 3.40. The summed E-state index contributed by atoms with van der Waals surface area (Å²) in [5.41, 5.74) is 5.33. The van der Waals surface area contributed by atoms with Crippen molar-refractivity contribution in [3.05, 3.63) is 63.5 Å². The van der Waals surface area contributed by atoms with E-state index in [4.69, 9.17) is 4.74 Å². The summed E-state index contributed by atoms with van der Waals surface area (Å²) in [5, 5.41) is 9.53. The third-order valence-electron chi connectivity index (χ3n) is 5.63. The first-order valence-electron chi connectivity index (χ1n) is 10.7. The molecule has 2 rings (SSSR count). The molecule has 0 saturated carbocycles. The third-order valence-corrected chi connectivity index (χ3v) is 5.63. The molecule has 1 aromatic carbocycles. The number of nitrogens with zero attached hydrogens (tertiary/aromatic N) is 2. The van der Waals surface area contributed by atoms with E-state index in [9.17, 15) is 14.9 Å². The molecule has 0 bridgehead atoms. The SMILES string of the molecule is Cc1ccc(C(=O)[C@@H](C)OC(=O)/C(C#N)=C/c2cc(C)n(CCC(C)C)c2C)cc1C. The Morgan fingerprint density at radius 3 is 2.35 bits per heavy atom. The molecule has 5 heteroatoms. The Bertz CT molecular complexity index is 1050. The van der Waals surface area contributed by atoms with Gasteiger partial charge in [-0.1, -0.05) is 26.0 Å². The molecule has 0 unspecified atom stereocenters. The van der Waals surface area contributed by atoms with E-state index in [0.717, 1.165) is 41.0 Å². The van der Waals surface area contributed by atoms with E-state index >= 15 is 0 Å². The van der Waals surface area contributed by atoms with Gasteiger partial charge in [0, 0.05) is 23.5 Å². The monoisotopic (exact) mass is 420 g/mol. The Labute approximate surface area is 185 Å². The van der Waals surface area contributed by atoms with Crippen LogP contribution in [0.25, 0.3) is 6.08 Å². The lowest BCUT2D eigenvalue weighted by Crippen LogP contribution is -2.25. The summed E-state index contributed by atoms with van der Waals surface area (Å²) in [6.45, 7) is 14.7. The summed E-state index contributed by atoms with van der Waals surface area (Å²) < 4.78 is 7.52. The predicted molar refractivity (Wildman–Crippen MR) is 123 cm³/mol. The van der Waals surface area contributed by atoms with Crippen molar-refractivity contribution >= 4 is 17.8 Å². The van der Waals surface area contributed by atoms with Crippen molar-refractivity contribution in [3.8, 4) is 6.07 Å². The van der Waals surface area contributed by atoms with Crippen molar-refractivity contribution in [2.24, 2.45) is 5.92 Å². The maximum Gasteiger partial charge on any atom is 0.349 e. The number of hydrogen-bond acceptors (Lipinski definition) is 4. The lowest BCUT2D eigenvalue weighted by Gasteiger charge is -2.13. The number of hydrogen-bond donors (Lipinski definition) is 0. The molecule has 0 fully saturated rings. The fourth-order valence-electron chi connectivity index (χ4n) is 3.40. The molecule has 0 amide bonds. The quantitative estimate of drug-likeness (QED) is 0.245. The number of benzene rings is 1. The molecule has 164 valence electrons. The molecule has 0 aliphatic heterocycles. The molecule has 0 spiro atoms. The Hall–Kier alpha value is -3.13. The van der Waals surface area contributed by atoms with Gasteiger partial charge in [0.05, 0.1) is 0 Å². The number of carbonyl (C=O) groups is 2. The van der Waals surface area contributed by atoms with Gasteiger partial charge in [0.2, 0.25) is 5.78 Å². The van der Waals surface area contributed by atoms with Crippen molar-refractivity contribution in [2.45, 2.75) is 67.5 Å². The Morgan fingerprint density at radius 2 is 1.77 bits per heavy atom. The first-order valence-corrected chi connectivity index (χ1v) is 10.7. The van der Waals surface area contributed by atoms with Crippen LogP contribution in [0.3, 0.4) is 0 Å². The number of aryl methyl sites for hydroxylation is 3. The van der Waals surface area contributed by atoms with E-state index in [1.54, 1.807) is 18.2 Å². The zero-order chi connectivity index (χ0) is 23.3. The topological polar surface area (TPSA) is 72.1 Å². The van der Waals surface area contributed by atoms with Gasteiger partial charge in [-0.2, -0.15) is 5.26 Å². The molecule has 0 N–H and O–H groups in total. The highest BCUT2D eigenvalue weighted by Crippen LogP contribution is 2.21. The lowest BCUT2D eigenvalue weighted by atomic mass is 10.0. The highest BCUT2D eigenvalue weighted by atomic mass is 16.5. The van der Waals surface area contributed by atoms with Crippen LogP contribution in [0.4, 0.5) is 0 Å². The van der Waals surface area contributed by atoms with E-state index in [0.29, 0.717) is 11.5 Å². The van der Waals surface area contributed by atoms with Crippen molar-refractivity contribution < 1.29 is 14.3 Å². The summed E-state index contributed by atoms with van der Waals surface area (Å²) in [6.07, 6.45) is 1.61. The summed E-state index contributed by atoms with van der Waals surface area (Å²) in [7, 11) is 0. The minimum Gasteiger partial charge on any atom is -0.450 e. The molecule has 0 saturated heterocycles. The maximum absolute atomic E-state index is 12.7. The molecular formula is C26H32N2O3. The van der Waals surface area contributed by atoms with Crippen LogP contribution in [0.1, 0.15) is 65.6 Å². The molecule has 0 radical (unpaired) electrons. The molecule has 31 heavy (non-hydrogen) atoms. The van der Waals surface area contributed by atoms with Gasteiger partial charge in [-0.25, -0.2) is 4.79 Å². The lowest BCUT2D eigenvalue weighted by molar-refractivity contribution is -0.141. The van der Waals surface area contributed by atoms with Crippen LogP contribution in [0, 0.1) is 44.9 Å². The van der Waals surface area contributed by atoms with Gasteiger partial charge in [0.15, 0.2) is 6.10 Å². The van der Waals surface area contributed by atoms with Gasteiger partial charge in [-0.15, -0.1) is 0 Å². The van der Waals surface area contributed by atoms with Crippen LogP contribution in [0.5, 0.6) is 0 Å². The van der Waals surface area contributed by atoms with Crippen molar-refractivity contribution in [1.29, 1.82) is 5.26 Å². The summed E-state index contributed by atoms with van der Waals surface area (Å²) in [6, 6.07) is 9.26. The summed E-state index contributed by atoms with van der Waals surface area (Å²) in [4.78, 5) is 25.3. The van der Waals surface area contributed by atoms with Gasteiger partial charge >= 0.3 is 5.97 Å². The largest absolute Gasteiger partial charge is 0.450 e. The van der Waals surface area contributed by atoms with E-state index in [-0.39, 0.29) is 11.4 Å². The third kappa shape index (κ3) is 5.95. The van der Waals surface area contributed by atoms with Crippen molar-refractivity contribution in [1.82, 2.24) is 4.57 Å². The number of rotatable bonds is 8. The molecule has 1 aromatic heterocycles. The number of carbonyl (C=O) groups excluding carboxylic acids is 2. The molecule has 2 aromatic rings. The van der Waals surface area contributed by atoms with E-state index in [1.165, 1.54) is 6.92 Å². The molecule has 0 aliphatic rings. The van der Waals surface area contributed by atoms with Crippen LogP contribution >= 0.6 is 0 Å². The second kappa shape index (κ2) is 10.3. The Morgan fingerprint density at radius 1 is 1.10 bits per heavy atom. The zero-order valence-electron chi connectivity index (χ0n) is 19.6. The minimum atomic E-state index is -0.982. The number of aromatic nitrogens is 1. The molecular weight excluding hydrogens is 388 g/mol. The number of ketones is 1. The normalized spacial score (nSPS) is 12.5. The minimum absolute atomic E-state index is 0.121. The number of esters is 1. The number of ether oxygens (including phenoxy) is 1. The highest BCUT2D eigenvalue weighted by molar-refractivity contribution is 6.03. The molecule has 5 nitrogen and oxygen atoms in total. The standard InChI is InChI=1S/C26H32N2O3/c1-16(2)10-11-28-19(5)13-23(20(28)6)14-24(15-27)26(30)31-21(7)25(29)22-9-8-17(3)18(4)12-22/h8-9,12-14,16,21H,10-11H2,1-7H3/b24-14+/t21-/m1/s1. The second-order valence-electron chi connectivity index (χ2n) is 8.54. The number of Topliss-reactive ketones (excluding diaryl/α,β-unsaturated/α-hetero) is 1. The smallest absolute Gasteiger partial charge is 0.349 e.